The summed E-state index contributed by atoms with van der Waals surface area (Å²) in [7, 11) is 2.16. The molecule has 26 heavy (non-hydrogen) atoms. The van der Waals surface area contributed by atoms with E-state index in [2.05, 4.69) is 21.4 Å². The van der Waals surface area contributed by atoms with Gasteiger partial charge < -0.3 is 19.1 Å². The molecule has 3 rings (SSSR count). The highest BCUT2D eigenvalue weighted by molar-refractivity contribution is 6.43. The smallest absolute Gasteiger partial charge is 0.379 e. The van der Waals surface area contributed by atoms with E-state index in [1.165, 1.54) is 0 Å². The fourth-order valence-corrected chi connectivity index (χ4v) is 3.46. The lowest BCUT2D eigenvalue weighted by Crippen LogP contribution is -2.44. The Morgan fingerprint density at radius 2 is 1.81 bits per heavy atom. The summed E-state index contributed by atoms with van der Waals surface area (Å²) in [5, 5.41) is 0.810. The molecule has 6 nitrogen and oxygen atoms in total. The molecule has 1 fully saturated rings. The molecule has 0 radical (unpaired) electrons. The first-order chi connectivity index (χ1) is 12.6. The Labute approximate surface area is 154 Å². The van der Waals surface area contributed by atoms with Crippen molar-refractivity contribution in [3.8, 4) is 0 Å². The number of rotatable bonds is 7. The Morgan fingerprint density at radius 1 is 1.08 bits per heavy atom. The second-order valence-corrected chi connectivity index (χ2v) is 6.80. The molecule has 0 spiro atoms. The zero-order chi connectivity index (χ0) is 18.5. The van der Waals surface area contributed by atoms with E-state index in [0.717, 1.165) is 56.6 Å². The predicted molar refractivity (Wildman–Crippen MR) is 101 cm³/mol. The molecule has 0 amide bonds. The van der Waals surface area contributed by atoms with Crippen molar-refractivity contribution >= 4 is 22.7 Å². The van der Waals surface area contributed by atoms with Crippen molar-refractivity contribution in [1.29, 1.82) is 0 Å². The third kappa shape index (κ3) is 4.14. The number of hydrogen-bond donors (Lipinski definition) is 0. The van der Waals surface area contributed by atoms with Crippen LogP contribution in [0.2, 0.25) is 0 Å². The summed E-state index contributed by atoms with van der Waals surface area (Å²) in [5.41, 5.74) is 1.41. The van der Waals surface area contributed by atoms with Crippen LogP contribution in [-0.2, 0) is 16.1 Å². The van der Waals surface area contributed by atoms with Gasteiger partial charge in [-0.15, -0.1) is 0 Å². The van der Waals surface area contributed by atoms with Gasteiger partial charge in [0.1, 0.15) is 0 Å². The topological polar surface area (TPSA) is 54.8 Å². The van der Waals surface area contributed by atoms with Crippen LogP contribution in [0.25, 0.3) is 10.9 Å². The number of carbonyl (C=O) groups is 2. The zero-order valence-corrected chi connectivity index (χ0v) is 15.6. The van der Waals surface area contributed by atoms with E-state index in [1.54, 1.807) is 13.1 Å². The van der Waals surface area contributed by atoms with Crippen LogP contribution in [0.5, 0.6) is 0 Å². The van der Waals surface area contributed by atoms with Crippen molar-refractivity contribution in [2.24, 2.45) is 0 Å². The summed E-state index contributed by atoms with van der Waals surface area (Å²) >= 11 is 0. The van der Waals surface area contributed by atoms with Crippen LogP contribution in [0.4, 0.5) is 0 Å². The normalized spacial score (nSPS) is 16.1. The first-order valence-corrected chi connectivity index (χ1v) is 9.30. The second kappa shape index (κ2) is 8.47. The van der Waals surface area contributed by atoms with E-state index < -0.39 is 11.8 Å². The van der Waals surface area contributed by atoms with E-state index in [0.29, 0.717) is 5.56 Å². The Kier molecular flexibility index (Phi) is 6.06. The summed E-state index contributed by atoms with van der Waals surface area (Å²) in [6.07, 6.45) is 2.81. The van der Waals surface area contributed by atoms with Gasteiger partial charge in [-0.2, -0.15) is 0 Å². The minimum Gasteiger partial charge on any atom is -0.460 e. The van der Waals surface area contributed by atoms with Crippen molar-refractivity contribution in [1.82, 2.24) is 14.4 Å². The van der Waals surface area contributed by atoms with E-state index >= 15 is 0 Å². The lowest BCUT2D eigenvalue weighted by molar-refractivity contribution is -0.137. The van der Waals surface area contributed by atoms with Crippen LogP contribution >= 0.6 is 0 Å². The molecule has 0 N–H and O–H groups in total. The minimum absolute atomic E-state index is 0.203. The van der Waals surface area contributed by atoms with E-state index in [4.69, 9.17) is 4.74 Å². The van der Waals surface area contributed by atoms with E-state index in [1.807, 2.05) is 24.3 Å². The number of ketones is 1. The number of esters is 1. The van der Waals surface area contributed by atoms with Gasteiger partial charge in [-0.25, -0.2) is 4.79 Å². The van der Waals surface area contributed by atoms with Crippen LogP contribution in [0, 0.1) is 0 Å². The number of piperazine rings is 1. The first-order valence-electron chi connectivity index (χ1n) is 9.30. The maximum absolute atomic E-state index is 12.4. The van der Waals surface area contributed by atoms with Crippen molar-refractivity contribution in [3.05, 3.63) is 36.0 Å². The molecule has 1 aliphatic heterocycles. The molecule has 1 aliphatic rings. The number of Topliss-reactive ketones (excluding diaryl/α,β-unsaturated/α-hetero) is 1. The molecular weight excluding hydrogens is 330 g/mol. The SMILES string of the molecule is CCOC(=O)C(=O)c1cn(CCCN2CCN(C)CC2)c2ccccc12. The molecular formula is C20H27N3O3. The highest BCUT2D eigenvalue weighted by Gasteiger charge is 2.22. The number of nitrogens with zero attached hydrogens (tertiary/aromatic N) is 3. The average molecular weight is 357 g/mol. The average Bonchev–Trinajstić information content (AvgIpc) is 3.02. The number of aromatic nitrogens is 1. The van der Waals surface area contributed by atoms with Crippen LogP contribution in [-0.4, -0.2) is 72.5 Å². The fraction of sp³-hybridized carbons (Fsp3) is 0.500. The number of hydrogen-bond acceptors (Lipinski definition) is 5. The number of aryl methyl sites for hydroxylation is 1. The van der Waals surface area contributed by atoms with Crippen LogP contribution in [0.1, 0.15) is 23.7 Å². The number of carbonyl (C=O) groups excluding carboxylic acids is 2. The van der Waals surface area contributed by atoms with Gasteiger partial charge in [0.05, 0.1) is 12.2 Å². The number of ether oxygens (including phenoxy) is 1. The molecule has 0 saturated carbocycles. The Balaban J connectivity index is 1.70. The standard InChI is InChI=1S/C20H27N3O3/c1-3-26-20(25)19(24)17-15-23(18-8-5-4-7-16(17)18)10-6-9-22-13-11-21(2)12-14-22/h4-5,7-8,15H,3,6,9-14H2,1-2H3. The van der Waals surface area contributed by atoms with Gasteiger partial charge >= 0.3 is 5.97 Å². The van der Waals surface area contributed by atoms with Crippen LogP contribution in [0.3, 0.4) is 0 Å². The highest BCUT2D eigenvalue weighted by atomic mass is 16.5. The summed E-state index contributed by atoms with van der Waals surface area (Å²) < 4.78 is 6.96. The zero-order valence-electron chi connectivity index (χ0n) is 15.6. The maximum Gasteiger partial charge on any atom is 0.379 e. The molecule has 2 aromatic rings. The van der Waals surface area contributed by atoms with Gasteiger partial charge in [0.25, 0.3) is 5.78 Å². The summed E-state index contributed by atoms with van der Waals surface area (Å²) in [4.78, 5) is 29.1. The minimum atomic E-state index is -0.784. The Hall–Kier alpha value is -2.18. The molecule has 6 heteroatoms. The molecule has 0 atom stereocenters. The van der Waals surface area contributed by atoms with Crippen molar-refractivity contribution in [2.75, 3.05) is 46.4 Å². The largest absolute Gasteiger partial charge is 0.460 e. The molecule has 1 aromatic heterocycles. The molecule has 1 aromatic carbocycles. The lowest BCUT2D eigenvalue weighted by atomic mass is 10.1. The van der Waals surface area contributed by atoms with Crippen molar-refractivity contribution < 1.29 is 14.3 Å². The Morgan fingerprint density at radius 3 is 2.54 bits per heavy atom. The third-order valence-corrected chi connectivity index (χ3v) is 4.96. The lowest BCUT2D eigenvalue weighted by Gasteiger charge is -2.32. The van der Waals surface area contributed by atoms with Gasteiger partial charge in [0.15, 0.2) is 0 Å². The molecule has 140 valence electrons. The summed E-state index contributed by atoms with van der Waals surface area (Å²) in [5.74, 6) is -1.35. The van der Waals surface area contributed by atoms with Crippen LogP contribution in [0.15, 0.2) is 30.5 Å². The quantitative estimate of drug-likeness (QED) is 0.431. The maximum atomic E-state index is 12.4. The second-order valence-electron chi connectivity index (χ2n) is 6.80. The highest BCUT2D eigenvalue weighted by Crippen LogP contribution is 2.22. The van der Waals surface area contributed by atoms with Crippen molar-refractivity contribution in [3.63, 3.8) is 0 Å². The molecule has 2 heterocycles. The molecule has 0 aliphatic carbocycles. The summed E-state index contributed by atoms with van der Waals surface area (Å²) in [6, 6.07) is 7.72. The van der Waals surface area contributed by atoms with Gasteiger partial charge in [0.2, 0.25) is 0 Å². The fourth-order valence-electron chi connectivity index (χ4n) is 3.46. The molecule has 0 bridgehead atoms. The van der Waals surface area contributed by atoms with Crippen LogP contribution < -0.4 is 0 Å². The number of likely N-dealkylation sites (N-methyl/N-ethyl adjacent to an activating group) is 1. The van der Waals surface area contributed by atoms with Crippen molar-refractivity contribution in [2.45, 2.75) is 19.9 Å². The first kappa shape index (κ1) is 18.6. The predicted octanol–water partition coefficient (Wildman–Crippen LogP) is 2.02. The van der Waals surface area contributed by atoms with Gasteiger partial charge in [0, 0.05) is 49.8 Å². The summed E-state index contributed by atoms with van der Waals surface area (Å²) in [6.45, 7) is 8.21. The third-order valence-electron chi connectivity index (χ3n) is 4.96. The number of benzene rings is 1. The number of fused-ring (bicyclic) bond motifs is 1. The van der Waals surface area contributed by atoms with Gasteiger partial charge in [-0.1, -0.05) is 18.2 Å². The molecule has 0 unspecified atom stereocenters. The monoisotopic (exact) mass is 357 g/mol. The Bertz CT molecular complexity index is 776. The van der Waals surface area contributed by atoms with Gasteiger partial charge in [-0.3, -0.25) is 4.79 Å². The van der Waals surface area contributed by atoms with E-state index in [9.17, 15) is 9.59 Å². The molecule has 1 saturated heterocycles. The number of para-hydroxylation sites is 1. The van der Waals surface area contributed by atoms with Gasteiger partial charge in [-0.05, 0) is 33.0 Å². The van der Waals surface area contributed by atoms with E-state index in [-0.39, 0.29) is 6.61 Å².